The molecule has 1 aliphatic heterocycles. The van der Waals surface area contributed by atoms with E-state index in [-0.39, 0.29) is 5.91 Å². The van der Waals surface area contributed by atoms with Crippen molar-refractivity contribution in [1.29, 1.82) is 0 Å². The molecule has 0 radical (unpaired) electrons. The van der Waals surface area contributed by atoms with E-state index in [1.807, 2.05) is 24.3 Å². The SMILES string of the molecule is O=C(Nc1ccc(C(=O)N2CCCc3ccccc32)cc1)c1ccccc1C(F)(F)F. The molecule has 31 heavy (non-hydrogen) atoms. The molecule has 7 heteroatoms. The minimum atomic E-state index is -4.63. The fraction of sp³-hybridized carbons (Fsp3) is 0.167. The lowest BCUT2D eigenvalue weighted by atomic mass is 10.0. The summed E-state index contributed by atoms with van der Waals surface area (Å²) in [6, 6.07) is 18.5. The van der Waals surface area contributed by atoms with Crippen LogP contribution in [0.15, 0.2) is 72.8 Å². The van der Waals surface area contributed by atoms with Crippen LogP contribution in [0, 0.1) is 0 Å². The molecule has 0 unspecified atom stereocenters. The van der Waals surface area contributed by atoms with E-state index in [9.17, 15) is 22.8 Å². The van der Waals surface area contributed by atoms with E-state index < -0.39 is 23.2 Å². The van der Waals surface area contributed by atoms with Crippen molar-refractivity contribution in [3.63, 3.8) is 0 Å². The monoisotopic (exact) mass is 424 g/mol. The lowest BCUT2D eigenvalue weighted by Crippen LogP contribution is -2.35. The molecule has 0 aromatic heterocycles. The van der Waals surface area contributed by atoms with Crippen molar-refractivity contribution in [2.45, 2.75) is 19.0 Å². The van der Waals surface area contributed by atoms with E-state index in [0.717, 1.165) is 36.2 Å². The number of hydrogen-bond acceptors (Lipinski definition) is 2. The van der Waals surface area contributed by atoms with Gasteiger partial charge in [-0.2, -0.15) is 13.2 Å². The van der Waals surface area contributed by atoms with E-state index in [1.165, 1.54) is 24.3 Å². The van der Waals surface area contributed by atoms with Crippen LogP contribution in [0.5, 0.6) is 0 Å². The Balaban J connectivity index is 1.51. The normalized spacial score (nSPS) is 13.5. The van der Waals surface area contributed by atoms with Crippen molar-refractivity contribution in [3.8, 4) is 0 Å². The highest BCUT2D eigenvalue weighted by Crippen LogP contribution is 2.32. The number of fused-ring (bicyclic) bond motifs is 1. The molecule has 0 saturated carbocycles. The topological polar surface area (TPSA) is 49.4 Å². The number of benzene rings is 3. The highest BCUT2D eigenvalue weighted by atomic mass is 19.4. The molecule has 0 bridgehead atoms. The number of nitrogens with zero attached hydrogens (tertiary/aromatic N) is 1. The van der Waals surface area contributed by atoms with Gasteiger partial charge in [0.25, 0.3) is 11.8 Å². The molecule has 0 spiro atoms. The smallest absolute Gasteiger partial charge is 0.322 e. The van der Waals surface area contributed by atoms with Crippen LogP contribution in [0.2, 0.25) is 0 Å². The molecule has 2 amide bonds. The number of anilines is 2. The van der Waals surface area contributed by atoms with Gasteiger partial charge in [-0.05, 0) is 60.9 Å². The van der Waals surface area contributed by atoms with Crippen molar-refractivity contribution >= 4 is 23.2 Å². The lowest BCUT2D eigenvalue weighted by molar-refractivity contribution is -0.137. The number of amides is 2. The van der Waals surface area contributed by atoms with Crippen molar-refractivity contribution in [1.82, 2.24) is 0 Å². The third-order valence-corrected chi connectivity index (χ3v) is 5.22. The quantitative estimate of drug-likeness (QED) is 0.599. The van der Waals surface area contributed by atoms with E-state index >= 15 is 0 Å². The summed E-state index contributed by atoms with van der Waals surface area (Å²) in [6.45, 7) is 0.614. The van der Waals surface area contributed by atoms with Crippen LogP contribution in [0.25, 0.3) is 0 Å². The lowest BCUT2D eigenvalue weighted by Gasteiger charge is -2.29. The van der Waals surface area contributed by atoms with Gasteiger partial charge in [-0.15, -0.1) is 0 Å². The van der Waals surface area contributed by atoms with Gasteiger partial charge >= 0.3 is 6.18 Å². The molecule has 4 nitrogen and oxygen atoms in total. The molecule has 158 valence electrons. The second-order valence-electron chi connectivity index (χ2n) is 7.26. The molecule has 0 aliphatic carbocycles. The average Bonchev–Trinajstić information content (AvgIpc) is 2.78. The van der Waals surface area contributed by atoms with Crippen molar-refractivity contribution in [3.05, 3.63) is 95.1 Å². The molecular weight excluding hydrogens is 405 g/mol. The Bertz CT molecular complexity index is 1120. The maximum absolute atomic E-state index is 13.1. The molecule has 0 atom stereocenters. The zero-order valence-electron chi connectivity index (χ0n) is 16.4. The third kappa shape index (κ3) is 4.30. The van der Waals surface area contributed by atoms with Crippen LogP contribution in [-0.2, 0) is 12.6 Å². The number of nitrogens with one attached hydrogen (secondary N) is 1. The van der Waals surface area contributed by atoms with Gasteiger partial charge in [0.15, 0.2) is 0 Å². The highest BCUT2D eigenvalue weighted by molar-refractivity contribution is 6.08. The van der Waals surface area contributed by atoms with Gasteiger partial charge in [-0.1, -0.05) is 30.3 Å². The van der Waals surface area contributed by atoms with Crippen LogP contribution in [0.1, 0.15) is 38.3 Å². The molecule has 1 N–H and O–H groups in total. The Morgan fingerprint density at radius 2 is 1.55 bits per heavy atom. The summed E-state index contributed by atoms with van der Waals surface area (Å²) in [7, 11) is 0. The second kappa shape index (κ2) is 8.26. The zero-order valence-corrected chi connectivity index (χ0v) is 16.4. The van der Waals surface area contributed by atoms with Gasteiger partial charge in [0.2, 0.25) is 0 Å². The van der Waals surface area contributed by atoms with E-state index in [0.29, 0.717) is 17.8 Å². The summed E-state index contributed by atoms with van der Waals surface area (Å²) in [5.74, 6) is -1.02. The maximum atomic E-state index is 13.1. The minimum Gasteiger partial charge on any atom is -0.322 e. The first-order valence-electron chi connectivity index (χ1n) is 9.82. The summed E-state index contributed by atoms with van der Waals surface area (Å²) in [4.78, 5) is 27.1. The summed E-state index contributed by atoms with van der Waals surface area (Å²) in [5.41, 5.74) is 1.29. The van der Waals surface area contributed by atoms with E-state index in [2.05, 4.69) is 5.32 Å². The first-order valence-corrected chi connectivity index (χ1v) is 9.82. The molecule has 0 fully saturated rings. The van der Waals surface area contributed by atoms with Gasteiger partial charge in [0.05, 0.1) is 11.1 Å². The fourth-order valence-electron chi connectivity index (χ4n) is 3.72. The largest absolute Gasteiger partial charge is 0.417 e. The van der Waals surface area contributed by atoms with Gasteiger partial charge in [0.1, 0.15) is 0 Å². The molecular formula is C24H19F3N2O2. The average molecular weight is 424 g/mol. The van der Waals surface area contributed by atoms with Crippen LogP contribution >= 0.6 is 0 Å². The number of rotatable bonds is 3. The van der Waals surface area contributed by atoms with E-state index in [4.69, 9.17) is 0 Å². The Hall–Kier alpha value is -3.61. The number of halogens is 3. The van der Waals surface area contributed by atoms with Gasteiger partial charge in [0, 0.05) is 23.5 Å². The van der Waals surface area contributed by atoms with Crippen molar-refractivity contribution in [2.75, 3.05) is 16.8 Å². The number of aryl methyl sites for hydroxylation is 1. The van der Waals surface area contributed by atoms with Crippen LogP contribution in [0.4, 0.5) is 24.5 Å². The molecule has 1 aliphatic rings. The predicted molar refractivity (Wildman–Crippen MR) is 112 cm³/mol. The number of alkyl halides is 3. The summed E-state index contributed by atoms with van der Waals surface area (Å²) in [6.07, 6.45) is -2.84. The standard InChI is InChI=1S/C24H19F3N2O2/c25-24(26,27)20-9-3-2-8-19(20)22(30)28-18-13-11-17(12-14-18)23(31)29-15-5-7-16-6-1-4-10-21(16)29/h1-4,6,8-14H,5,7,15H2,(H,28,30). The van der Waals surface area contributed by atoms with Crippen molar-refractivity contribution < 1.29 is 22.8 Å². The number of para-hydroxylation sites is 1. The van der Waals surface area contributed by atoms with Gasteiger partial charge < -0.3 is 10.2 Å². The molecule has 4 rings (SSSR count). The Kier molecular flexibility index (Phi) is 5.50. The molecule has 1 heterocycles. The highest BCUT2D eigenvalue weighted by Gasteiger charge is 2.34. The molecule has 0 saturated heterocycles. The summed E-state index contributed by atoms with van der Waals surface area (Å²) in [5, 5.41) is 2.47. The molecule has 3 aromatic rings. The molecule has 3 aromatic carbocycles. The fourth-order valence-corrected chi connectivity index (χ4v) is 3.72. The van der Waals surface area contributed by atoms with Crippen LogP contribution in [-0.4, -0.2) is 18.4 Å². The maximum Gasteiger partial charge on any atom is 0.417 e. The van der Waals surface area contributed by atoms with Crippen LogP contribution in [0.3, 0.4) is 0 Å². The summed E-state index contributed by atoms with van der Waals surface area (Å²) >= 11 is 0. The van der Waals surface area contributed by atoms with Gasteiger partial charge in [-0.25, -0.2) is 0 Å². The number of carbonyl (C=O) groups is 2. The first-order chi connectivity index (χ1) is 14.8. The Morgan fingerprint density at radius 3 is 2.29 bits per heavy atom. The Morgan fingerprint density at radius 1 is 0.871 bits per heavy atom. The second-order valence-corrected chi connectivity index (χ2v) is 7.26. The van der Waals surface area contributed by atoms with Crippen molar-refractivity contribution in [2.24, 2.45) is 0 Å². The third-order valence-electron chi connectivity index (χ3n) is 5.22. The zero-order chi connectivity index (χ0) is 22.0. The minimum absolute atomic E-state index is 0.160. The van der Waals surface area contributed by atoms with Crippen LogP contribution < -0.4 is 10.2 Å². The number of hydrogen-bond donors (Lipinski definition) is 1. The van der Waals surface area contributed by atoms with Gasteiger partial charge in [-0.3, -0.25) is 9.59 Å². The predicted octanol–water partition coefficient (Wildman–Crippen LogP) is 5.55. The first kappa shape index (κ1) is 20.7. The Labute approximate surface area is 177 Å². The summed E-state index contributed by atoms with van der Waals surface area (Å²) < 4.78 is 39.4. The van der Waals surface area contributed by atoms with E-state index in [1.54, 1.807) is 17.0 Å². The number of carbonyl (C=O) groups excluding carboxylic acids is 2.